The Bertz CT molecular complexity index is 641. The van der Waals surface area contributed by atoms with Crippen LogP contribution in [-0.2, 0) is 4.79 Å². The summed E-state index contributed by atoms with van der Waals surface area (Å²) in [6.07, 6.45) is 0. The second kappa shape index (κ2) is 8.43. The van der Waals surface area contributed by atoms with Gasteiger partial charge in [0.1, 0.15) is 0 Å². The number of halogens is 1. The fraction of sp³-hybridized carbons (Fsp3) is 0.412. The van der Waals surface area contributed by atoms with E-state index >= 15 is 0 Å². The number of anilines is 1. The molecule has 23 heavy (non-hydrogen) atoms. The highest BCUT2D eigenvalue weighted by Crippen LogP contribution is 2.36. The number of nitrogens with one attached hydrogen (secondary N) is 1. The molecule has 4 nitrogen and oxygen atoms in total. The predicted molar refractivity (Wildman–Crippen MR) is 100 cm³/mol. The van der Waals surface area contributed by atoms with Crippen LogP contribution in [0.1, 0.15) is 38.5 Å². The second-order valence-corrected chi connectivity index (χ2v) is 6.92. The Labute approximate surface area is 147 Å². The summed E-state index contributed by atoms with van der Waals surface area (Å²) in [5, 5.41) is 3.54. The number of benzene rings is 1. The minimum Gasteiger partial charge on any atom is -0.327 e. The minimum absolute atomic E-state index is 0. The van der Waals surface area contributed by atoms with Gasteiger partial charge in [0.15, 0.2) is 5.13 Å². The molecule has 0 spiro atoms. The normalized spacial score (nSPS) is 13.3. The van der Waals surface area contributed by atoms with Gasteiger partial charge in [-0.05, 0) is 12.8 Å². The molecule has 0 aliphatic heterocycles. The van der Waals surface area contributed by atoms with Gasteiger partial charge in [-0.3, -0.25) is 4.79 Å². The van der Waals surface area contributed by atoms with E-state index in [0.29, 0.717) is 11.0 Å². The van der Waals surface area contributed by atoms with E-state index in [1.165, 1.54) is 16.2 Å². The number of hydrogen-bond acceptors (Lipinski definition) is 4. The molecular weight excluding hydrogens is 330 g/mol. The van der Waals surface area contributed by atoms with E-state index in [-0.39, 0.29) is 30.3 Å². The third kappa shape index (κ3) is 4.77. The van der Waals surface area contributed by atoms with Crippen molar-refractivity contribution in [2.75, 3.05) is 5.32 Å². The number of hydrogen-bond donors (Lipinski definition) is 2. The third-order valence-electron chi connectivity index (χ3n) is 3.66. The highest BCUT2D eigenvalue weighted by molar-refractivity contribution is 7.16. The van der Waals surface area contributed by atoms with E-state index in [0.717, 1.165) is 11.3 Å². The van der Waals surface area contributed by atoms with Crippen molar-refractivity contribution < 1.29 is 4.79 Å². The van der Waals surface area contributed by atoms with Crippen LogP contribution >= 0.6 is 23.7 Å². The van der Waals surface area contributed by atoms with Crippen LogP contribution in [0, 0.1) is 5.92 Å². The molecule has 1 heterocycles. The molecule has 2 unspecified atom stereocenters. The number of amides is 1. The lowest BCUT2D eigenvalue weighted by Crippen LogP contribution is -2.34. The van der Waals surface area contributed by atoms with Gasteiger partial charge in [-0.1, -0.05) is 51.1 Å². The maximum atomic E-state index is 12.2. The van der Waals surface area contributed by atoms with Gasteiger partial charge in [0.25, 0.3) is 0 Å². The van der Waals surface area contributed by atoms with Gasteiger partial charge < -0.3 is 11.1 Å². The fourth-order valence-corrected chi connectivity index (χ4v) is 3.03. The molecule has 0 bridgehead atoms. The Morgan fingerprint density at radius 2 is 1.78 bits per heavy atom. The molecule has 6 heteroatoms. The molecule has 3 N–H and O–H groups in total. The summed E-state index contributed by atoms with van der Waals surface area (Å²) in [5.41, 5.74) is 7.81. The lowest BCUT2D eigenvalue weighted by molar-refractivity contribution is -0.119. The molecule has 0 fully saturated rings. The first-order chi connectivity index (χ1) is 10.4. The first-order valence-electron chi connectivity index (χ1n) is 7.52. The average molecular weight is 354 g/mol. The monoisotopic (exact) mass is 353 g/mol. The first-order valence-corrected chi connectivity index (χ1v) is 8.34. The molecule has 0 saturated heterocycles. The zero-order valence-electron chi connectivity index (χ0n) is 13.9. The SMILES string of the molecule is CC(C)c1sc(NC(=O)C(C)C(C)N)nc1-c1ccccc1.Cl. The molecule has 1 aromatic carbocycles. The summed E-state index contributed by atoms with van der Waals surface area (Å²) in [7, 11) is 0. The average Bonchev–Trinajstić information content (AvgIpc) is 2.91. The molecule has 0 aliphatic carbocycles. The number of carbonyl (C=O) groups is 1. The van der Waals surface area contributed by atoms with Crippen molar-refractivity contribution in [2.45, 2.75) is 39.7 Å². The fourth-order valence-electron chi connectivity index (χ4n) is 2.04. The summed E-state index contributed by atoms with van der Waals surface area (Å²) in [6, 6.07) is 9.87. The van der Waals surface area contributed by atoms with Gasteiger partial charge >= 0.3 is 0 Å². The number of nitrogens with zero attached hydrogens (tertiary/aromatic N) is 1. The molecule has 2 rings (SSSR count). The zero-order chi connectivity index (χ0) is 16.3. The Hall–Kier alpha value is -1.43. The van der Waals surface area contributed by atoms with E-state index in [1.54, 1.807) is 0 Å². The molecular formula is C17H24ClN3OS. The summed E-state index contributed by atoms with van der Waals surface area (Å²) >= 11 is 1.54. The molecule has 1 amide bonds. The predicted octanol–water partition coefficient (Wildman–Crippen LogP) is 4.28. The van der Waals surface area contributed by atoms with Crippen molar-refractivity contribution in [3.63, 3.8) is 0 Å². The maximum Gasteiger partial charge on any atom is 0.230 e. The summed E-state index contributed by atoms with van der Waals surface area (Å²) < 4.78 is 0. The van der Waals surface area contributed by atoms with Crippen molar-refractivity contribution in [3.8, 4) is 11.3 Å². The Kier molecular flexibility index (Phi) is 7.19. The number of carbonyl (C=O) groups excluding carboxylic acids is 1. The Morgan fingerprint density at radius 3 is 2.30 bits per heavy atom. The van der Waals surface area contributed by atoms with Gasteiger partial charge in [0.2, 0.25) is 5.91 Å². The first kappa shape index (κ1) is 19.6. The molecule has 0 saturated carbocycles. The van der Waals surface area contributed by atoms with Gasteiger partial charge in [-0.15, -0.1) is 23.7 Å². The summed E-state index contributed by atoms with van der Waals surface area (Å²) in [5.74, 6) is 0.0226. The van der Waals surface area contributed by atoms with Crippen molar-refractivity contribution in [2.24, 2.45) is 11.7 Å². The highest BCUT2D eigenvalue weighted by Gasteiger charge is 2.21. The van der Waals surface area contributed by atoms with E-state index in [9.17, 15) is 4.79 Å². The van der Waals surface area contributed by atoms with Crippen LogP contribution in [0.25, 0.3) is 11.3 Å². The highest BCUT2D eigenvalue weighted by atomic mass is 35.5. The molecule has 2 aromatic rings. The van der Waals surface area contributed by atoms with Crippen molar-refractivity contribution >= 4 is 34.8 Å². The maximum absolute atomic E-state index is 12.2. The molecule has 2 atom stereocenters. The van der Waals surface area contributed by atoms with Crippen molar-refractivity contribution in [3.05, 3.63) is 35.2 Å². The van der Waals surface area contributed by atoms with Crippen LogP contribution in [0.5, 0.6) is 0 Å². The van der Waals surface area contributed by atoms with E-state index in [2.05, 4.69) is 24.1 Å². The number of aromatic nitrogens is 1. The molecule has 0 aliphatic rings. The quantitative estimate of drug-likeness (QED) is 0.843. The molecule has 126 valence electrons. The third-order valence-corrected chi connectivity index (χ3v) is 4.93. The van der Waals surface area contributed by atoms with Gasteiger partial charge in [0, 0.05) is 16.5 Å². The Morgan fingerprint density at radius 1 is 1.17 bits per heavy atom. The van der Waals surface area contributed by atoms with Crippen LogP contribution in [0.15, 0.2) is 30.3 Å². The largest absolute Gasteiger partial charge is 0.327 e. The van der Waals surface area contributed by atoms with Crippen LogP contribution in [-0.4, -0.2) is 16.9 Å². The lowest BCUT2D eigenvalue weighted by Gasteiger charge is -2.13. The summed E-state index contributed by atoms with van der Waals surface area (Å²) in [4.78, 5) is 18.0. The number of thiazole rings is 1. The standard InChI is InChI=1S/C17H23N3OS.ClH/c1-10(2)15-14(13-8-6-5-7-9-13)19-17(22-15)20-16(21)11(3)12(4)18;/h5-12H,18H2,1-4H3,(H,19,20,21);1H. The van der Waals surface area contributed by atoms with Gasteiger partial charge in [-0.25, -0.2) is 4.98 Å². The van der Waals surface area contributed by atoms with E-state index in [4.69, 9.17) is 5.73 Å². The lowest BCUT2D eigenvalue weighted by atomic mass is 10.0. The zero-order valence-corrected chi connectivity index (χ0v) is 15.5. The van der Waals surface area contributed by atoms with Crippen molar-refractivity contribution in [1.29, 1.82) is 0 Å². The topological polar surface area (TPSA) is 68.0 Å². The number of rotatable bonds is 5. The van der Waals surface area contributed by atoms with Crippen LogP contribution < -0.4 is 11.1 Å². The van der Waals surface area contributed by atoms with Crippen LogP contribution in [0.2, 0.25) is 0 Å². The summed E-state index contributed by atoms with van der Waals surface area (Å²) in [6.45, 7) is 7.93. The minimum atomic E-state index is -0.244. The van der Waals surface area contributed by atoms with Crippen LogP contribution in [0.3, 0.4) is 0 Å². The van der Waals surface area contributed by atoms with Crippen LogP contribution in [0.4, 0.5) is 5.13 Å². The molecule has 0 radical (unpaired) electrons. The Balaban J connectivity index is 0.00000264. The van der Waals surface area contributed by atoms with E-state index in [1.807, 2.05) is 44.2 Å². The van der Waals surface area contributed by atoms with Gasteiger partial charge in [-0.2, -0.15) is 0 Å². The second-order valence-electron chi connectivity index (χ2n) is 5.89. The van der Waals surface area contributed by atoms with Crippen molar-refractivity contribution in [1.82, 2.24) is 4.98 Å². The molecule has 1 aromatic heterocycles. The smallest absolute Gasteiger partial charge is 0.230 e. The number of nitrogens with two attached hydrogens (primary N) is 1. The van der Waals surface area contributed by atoms with E-state index < -0.39 is 0 Å². The van der Waals surface area contributed by atoms with Gasteiger partial charge in [0.05, 0.1) is 11.6 Å².